The van der Waals surface area contributed by atoms with Gasteiger partial charge in [-0.3, -0.25) is 14.9 Å². The first-order chi connectivity index (χ1) is 10.0. The van der Waals surface area contributed by atoms with Crippen LogP contribution in [0.2, 0.25) is 0 Å². The van der Waals surface area contributed by atoms with Crippen molar-refractivity contribution in [1.29, 1.82) is 0 Å². The SMILES string of the molecule is NC(=O)CC1CCCN(c2cc(CO)ccc2[N+](=O)[O-])C1. The zero-order valence-corrected chi connectivity index (χ0v) is 11.7. The van der Waals surface area contributed by atoms with Gasteiger partial charge in [-0.25, -0.2) is 0 Å². The van der Waals surface area contributed by atoms with Crippen molar-refractivity contribution in [3.8, 4) is 0 Å². The summed E-state index contributed by atoms with van der Waals surface area (Å²) in [7, 11) is 0. The number of aliphatic hydroxyl groups excluding tert-OH is 1. The van der Waals surface area contributed by atoms with Crippen LogP contribution in [-0.4, -0.2) is 29.0 Å². The Morgan fingerprint density at radius 3 is 2.90 bits per heavy atom. The van der Waals surface area contributed by atoms with Crippen LogP contribution in [0.3, 0.4) is 0 Å². The molecule has 7 nitrogen and oxygen atoms in total. The average Bonchev–Trinajstić information content (AvgIpc) is 2.46. The number of primary amides is 1. The number of benzene rings is 1. The monoisotopic (exact) mass is 293 g/mol. The molecule has 0 aromatic heterocycles. The lowest BCUT2D eigenvalue weighted by atomic mass is 9.94. The maximum atomic E-state index is 11.2. The summed E-state index contributed by atoms with van der Waals surface area (Å²) in [6, 6.07) is 4.61. The molecule has 1 atom stereocenters. The first-order valence-corrected chi connectivity index (χ1v) is 6.92. The largest absolute Gasteiger partial charge is 0.392 e. The minimum absolute atomic E-state index is 0.0203. The fraction of sp³-hybridized carbons (Fsp3) is 0.500. The molecule has 1 aromatic carbocycles. The Morgan fingerprint density at radius 2 is 2.29 bits per heavy atom. The highest BCUT2D eigenvalue weighted by Gasteiger charge is 2.26. The van der Waals surface area contributed by atoms with Crippen molar-refractivity contribution in [3.05, 3.63) is 33.9 Å². The lowest BCUT2D eigenvalue weighted by molar-refractivity contribution is -0.384. The van der Waals surface area contributed by atoms with Crippen molar-refractivity contribution in [2.24, 2.45) is 11.7 Å². The molecule has 7 heteroatoms. The summed E-state index contributed by atoms with van der Waals surface area (Å²) in [4.78, 5) is 23.7. The van der Waals surface area contributed by atoms with Gasteiger partial charge in [-0.05, 0) is 36.5 Å². The fourth-order valence-corrected chi connectivity index (χ4v) is 2.81. The molecule has 1 amide bonds. The van der Waals surface area contributed by atoms with Gasteiger partial charge in [-0.1, -0.05) is 0 Å². The molecule has 1 fully saturated rings. The van der Waals surface area contributed by atoms with Crippen LogP contribution in [0, 0.1) is 16.0 Å². The molecule has 1 aromatic rings. The zero-order valence-electron chi connectivity index (χ0n) is 11.7. The molecular formula is C14H19N3O4. The number of anilines is 1. The maximum absolute atomic E-state index is 11.2. The van der Waals surface area contributed by atoms with Gasteiger partial charge in [-0.2, -0.15) is 0 Å². The van der Waals surface area contributed by atoms with Crippen LogP contribution < -0.4 is 10.6 Å². The van der Waals surface area contributed by atoms with Crippen LogP contribution in [0.5, 0.6) is 0 Å². The van der Waals surface area contributed by atoms with Gasteiger partial charge < -0.3 is 15.7 Å². The molecule has 3 N–H and O–H groups in total. The number of hydrogen-bond acceptors (Lipinski definition) is 5. The third-order valence-electron chi connectivity index (χ3n) is 3.77. The van der Waals surface area contributed by atoms with Gasteiger partial charge >= 0.3 is 0 Å². The lowest BCUT2D eigenvalue weighted by Gasteiger charge is -2.33. The number of amides is 1. The number of carbonyl (C=O) groups is 1. The van der Waals surface area contributed by atoms with E-state index in [0.29, 0.717) is 30.8 Å². The van der Waals surface area contributed by atoms with Crippen LogP contribution >= 0.6 is 0 Å². The smallest absolute Gasteiger partial charge is 0.292 e. The number of carbonyl (C=O) groups excluding carboxylic acids is 1. The number of hydrogen-bond donors (Lipinski definition) is 2. The molecule has 0 saturated carbocycles. The topological polar surface area (TPSA) is 110 Å². The summed E-state index contributed by atoms with van der Waals surface area (Å²) in [5, 5.41) is 20.4. The number of aliphatic hydroxyl groups is 1. The summed E-state index contributed by atoms with van der Waals surface area (Å²) in [6.45, 7) is 1.10. The lowest BCUT2D eigenvalue weighted by Crippen LogP contribution is -2.37. The molecule has 1 aliphatic heterocycles. The standard InChI is InChI=1S/C14H19N3O4/c15-14(19)7-10-2-1-5-16(8-10)13-6-11(9-18)3-4-12(13)17(20)21/h3-4,6,10,18H,1-2,5,7-9H2,(H2,15,19). The highest BCUT2D eigenvalue weighted by atomic mass is 16.6. The third kappa shape index (κ3) is 3.69. The van der Waals surface area contributed by atoms with E-state index in [1.165, 1.54) is 6.07 Å². The molecule has 0 spiro atoms. The predicted molar refractivity (Wildman–Crippen MR) is 77.8 cm³/mol. The van der Waals surface area contributed by atoms with Crippen LogP contribution in [0.25, 0.3) is 0 Å². The summed E-state index contributed by atoms with van der Waals surface area (Å²) >= 11 is 0. The van der Waals surface area contributed by atoms with E-state index in [2.05, 4.69) is 0 Å². The Labute approximate surface area is 122 Å². The van der Waals surface area contributed by atoms with Gasteiger partial charge in [0.25, 0.3) is 5.69 Å². The first kappa shape index (κ1) is 15.2. The van der Waals surface area contributed by atoms with Gasteiger partial charge in [0.2, 0.25) is 5.91 Å². The van der Waals surface area contributed by atoms with E-state index < -0.39 is 4.92 Å². The Morgan fingerprint density at radius 1 is 1.52 bits per heavy atom. The van der Waals surface area contributed by atoms with E-state index >= 15 is 0 Å². The highest BCUT2D eigenvalue weighted by molar-refractivity contribution is 5.74. The van der Waals surface area contributed by atoms with Gasteiger partial charge in [-0.15, -0.1) is 0 Å². The van der Waals surface area contributed by atoms with E-state index in [4.69, 9.17) is 5.73 Å². The Bertz CT molecular complexity index is 547. The van der Waals surface area contributed by atoms with Crippen molar-refractivity contribution in [2.45, 2.75) is 25.9 Å². The van der Waals surface area contributed by atoms with E-state index in [9.17, 15) is 20.0 Å². The van der Waals surface area contributed by atoms with Crippen molar-refractivity contribution in [2.75, 3.05) is 18.0 Å². The number of rotatable bonds is 5. The van der Waals surface area contributed by atoms with E-state index in [-0.39, 0.29) is 24.1 Å². The minimum atomic E-state index is -0.422. The average molecular weight is 293 g/mol. The molecule has 21 heavy (non-hydrogen) atoms. The molecule has 0 radical (unpaired) electrons. The van der Waals surface area contributed by atoms with Gasteiger partial charge in [0.05, 0.1) is 11.5 Å². The molecule has 0 aliphatic carbocycles. The number of piperidine rings is 1. The quantitative estimate of drug-likeness (QED) is 0.625. The van der Waals surface area contributed by atoms with E-state index in [0.717, 1.165) is 12.8 Å². The summed E-state index contributed by atoms with van der Waals surface area (Å²) in [5.74, 6) is -0.228. The van der Waals surface area contributed by atoms with Crippen LogP contribution in [0.1, 0.15) is 24.8 Å². The van der Waals surface area contributed by atoms with Crippen molar-refractivity contribution in [3.63, 3.8) is 0 Å². The molecule has 1 saturated heterocycles. The van der Waals surface area contributed by atoms with Crippen LogP contribution in [0.4, 0.5) is 11.4 Å². The molecule has 2 rings (SSSR count). The second kappa shape index (κ2) is 6.53. The molecular weight excluding hydrogens is 274 g/mol. The van der Waals surface area contributed by atoms with Gasteiger partial charge in [0.15, 0.2) is 0 Å². The summed E-state index contributed by atoms with van der Waals surface area (Å²) < 4.78 is 0. The molecule has 1 unspecified atom stereocenters. The number of nitrogens with zero attached hydrogens (tertiary/aromatic N) is 2. The number of nitro benzene ring substituents is 1. The summed E-state index contributed by atoms with van der Waals surface area (Å²) in [6.07, 6.45) is 2.05. The highest BCUT2D eigenvalue weighted by Crippen LogP contribution is 2.33. The van der Waals surface area contributed by atoms with Crippen molar-refractivity contribution >= 4 is 17.3 Å². The fourth-order valence-electron chi connectivity index (χ4n) is 2.81. The van der Waals surface area contributed by atoms with Gasteiger partial charge in [0, 0.05) is 25.6 Å². The van der Waals surface area contributed by atoms with Gasteiger partial charge in [0.1, 0.15) is 5.69 Å². The Hall–Kier alpha value is -2.15. The zero-order chi connectivity index (χ0) is 15.4. The first-order valence-electron chi connectivity index (χ1n) is 6.92. The van der Waals surface area contributed by atoms with Crippen LogP contribution in [-0.2, 0) is 11.4 Å². The maximum Gasteiger partial charge on any atom is 0.292 e. The second-order valence-electron chi connectivity index (χ2n) is 5.36. The molecule has 1 heterocycles. The molecule has 0 bridgehead atoms. The number of nitrogens with two attached hydrogens (primary N) is 1. The molecule has 1 aliphatic rings. The minimum Gasteiger partial charge on any atom is -0.392 e. The predicted octanol–water partition coefficient (Wildman–Crippen LogP) is 1.18. The third-order valence-corrected chi connectivity index (χ3v) is 3.77. The Balaban J connectivity index is 2.26. The molecule has 114 valence electrons. The van der Waals surface area contributed by atoms with E-state index in [1.54, 1.807) is 12.1 Å². The van der Waals surface area contributed by atoms with Crippen molar-refractivity contribution < 1.29 is 14.8 Å². The van der Waals surface area contributed by atoms with Crippen molar-refractivity contribution in [1.82, 2.24) is 0 Å². The van der Waals surface area contributed by atoms with Crippen LogP contribution in [0.15, 0.2) is 18.2 Å². The second-order valence-corrected chi connectivity index (χ2v) is 5.36. The number of nitro groups is 1. The summed E-state index contributed by atoms with van der Waals surface area (Å²) in [5.41, 5.74) is 6.39. The van der Waals surface area contributed by atoms with E-state index in [1.807, 2.05) is 4.90 Å². The normalized spacial score (nSPS) is 18.5. The Kier molecular flexibility index (Phi) is 4.74.